The predicted molar refractivity (Wildman–Crippen MR) is 149 cm³/mol. The normalized spacial score (nSPS) is 20.9. The number of para-hydroxylation sites is 1. The summed E-state index contributed by atoms with van der Waals surface area (Å²) in [6.45, 7) is 1.68. The first-order valence-corrected chi connectivity index (χ1v) is 16.0. The number of benzene rings is 1. The van der Waals surface area contributed by atoms with Gasteiger partial charge in [0.25, 0.3) is 5.56 Å². The lowest BCUT2D eigenvalue weighted by molar-refractivity contribution is -0.140. The number of carbonyl (C=O) groups excluding carboxylic acids is 1. The number of aromatic nitrogens is 2. The molecule has 41 heavy (non-hydrogen) atoms. The van der Waals surface area contributed by atoms with E-state index in [9.17, 15) is 33.3 Å². The molecule has 3 N–H and O–H groups in total. The van der Waals surface area contributed by atoms with Crippen LogP contribution in [0.4, 0.5) is 10.1 Å². The van der Waals surface area contributed by atoms with Gasteiger partial charge in [-0.05, 0) is 37.0 Å². The lowest BCUT2D eigenvalue weighted by atomic mass is 10.2. The van der Waals surface area contributed by atoms with E-state index in [0.717, 1.165) is 23.8 Å². The number of phosphoric acid groups is 1. The number of thioether (sulfide) groups is 1. The van der Waals surface area contributed by atoms with Crippen LogP contribution >= 0.6 is 19.6 Å². The summed E-state index contributed by atoms with van der Waals surface area (Å²) in [6.07, 6.45) is 1.47. The molecule has 0 saturated carbocycles. The number of aliphatic hydroxyl groups excluding tert-OH is 1. The first-order valence-electron chi connectivity index (χ1n) is 13.1. The number of hydrogen-bond acceptors (Lipinski definition) is 11. The van der Waals surface area contributed by atoms with Crippen LogP contribution < -0.4 is 16.3 Å². The topological polar surface area (TPSA) is 170 Å². The van der Waals surface area contributed by atoms with Gasteiger partial charge in [-0.25, -0.2) is 19.2 Å². The third-order valence-electron chi connectivity index (χ3n) is 6.19. The number of unbranched alkanes of at least 4 members (excludes halogenated alkanes) is 2. The molecule has 2 aromatic rings. The summed E-state index contributed by atoms with van der Waals surface area (Å²) in [7, 11) is -5.00. The maximum Gasteiger partial charge on any atom is 0.529 e. The second kappa shape index (κ2) is 15.6. The molecule has 0 spiro atoms. The highest BCUT2D eigenvalue weighted by Gasteiger charge is 2.40. The Bertz CT molecular complexity index is 1300. The zero-order chi connectivity index (χ0) is 30.0. The molecule has 2 heterocycles. The van der Waals surface area contributed by atoms with E-state index in [4.69, 9.17) is 18.6 Å². The Hall–Kier alpha value is -2.52. The van der Waals surface area contributed by atoms with Crippen molar-refractivity contribution in [3.05, 3.63) is 63.2 Å². The van der Waals surface area contributed by atoms with Gasteiger partial charge < -0.3 is 14.4 Å². The Morgan fingerprint density at radius 2 is 2.05 bits per heavy atom. The molecule has 0 amide bonds. The van der Waals surface area contributed by atoms with Gasteiger partial charge >= 0.3 is 19.5 Å². The minimum absolute atomic E-state index is 0.201. The summed E-state index contributed by atoms with van der Waals surface area (Å²) in [5.74, 6) is -1.76. The molecule has 0 bridgehead atoms. The van der Waals surface area contributed by atoms with Crippen molar-refractivity contribution in [1.82, 2.24) is 9.55 Å². The van der Waals surface area contributed by atoms with E-state index in [-0.39, 0.29) is 12.8 Å². The zero-order valence-electron chi connectivity index (χ0n) is 22.7. The number of halogens is 1. The van der Waals surface area contributed by atoms with Crippen LogP contribution in [0.15, 0.2) is 46.1 Å². The summed E-state index contributed by atoms with van der Waals surface area (Å²) in [4.78, 5) is 54.6. The number of aliphatic hydroxyl groups is 1. The lowest BCUT2D eigenvalue weighted by Gasteiger charge is -2.31. The monoisotopic (exact) mass is 619 g/mol. The van der Waals surface area contributed by atoms with Crippen LogP contribution in [0, 0.1) is 5.82 Å². The van der Waals surface area contributed by atoms with Crippen molar-refractivity contribution in [2.45, 2.75) is 63.5 Å². The summed E-state index contributed by atoms with van der Waals surface area (Å²) in [6, 6.07) is 7.74. The predicted octanol–water partition coefficient (Wildman–Crippen LogP) is 2.73. The van der Waals surface area contributed by atoms with Crippen LogP contribution in [0.2, 0.25) is 0 Å². The summed E-state index contributed by atoms with van der Waals surface area (Å²) in [5.41, 5.74) is -1.61. The molecule has 0 aliphatic carbocycles. The molecule has 0 radical (unpaired) electrons. The van der Waals surface area contributed by atoms with Crippen molar-refractivity contribution in [1.29, 1.82) is 0 Å². The minimum atomic E-state index is -5.00. The molecular formula is C25H35FN3O10PS. The number of rotatable bonds is 16. The van der Waals surface area contributed by atoms with Crippen molar-refractivity contribution in [3.63, 3.8) is 0 Å². The number of nitrogens with zero attached hydrogens (tertiary/aromatic N) is 2. The highest BCUT2D eigenvalue weighted by Crippen LogP contribution is 2.45. The van der Waals surface area contributed by atoms with Crippen molar-refractivity contribution in [3.8, 4) is 0 Å². The Kier molecular flexibility index (Phi) is 12.6. The van der Waals surface area contributed by atoms with E-state index < -0.39 is 61.9 Å². The van der Waals surface area contributed by atoms with Crippen molar-refractivity contribution < 1.29 is 42.4 Å². The van der Waals surface area contributed by atoms with E-state index in [1.807, 2.05) is 13.2 Å². The Morgan fingerprint density at radius 3 is 2.73 bits per heavy atom. The zero-order valence-corrected chi connectivity index (χ0v) is 24.4. The number of anilines is 1. The van der Waals surface area contributed by atoms with Crippen LogP contribution in [0.5, 0.6) is 0 Å². The SMILES string of the molecule is CCCCCON(c1ccccc1)[C@@H](CCSC)C(=O)OP(=O)(O)OC[C@H]1O[C@@H](n2cc(F)c(=O)[nH]c2=O)C[C@@H]1O. The minimum Gasteiger partial charge on any atom is -0.390 e. The molecular weight excluding hydrogens is 584 g/mol. The van der Waals surface area contributed by atoms with Gasteiger partial charge in [0.1, 0.15) is 12.3 Å². The molecule has 5 atom stereocenters. The van der Waals surface area contributed by atoms with Crippen LogP contribution in [-0.2, 0) is 28.0 Å². The van der Waals surface area contributed by atoms with Gasteiger partial charge in [0.2, 0.25) is 5.82 Å². The van der Waals surface area contributed by atoms with Gasteiger partial charge in [-0.15, -0.1) is 0 Å². The molecule has 228 valence electrons. The maximum absolute atomic E-state index is 13.7. The number of nitrogens with one attached hydrogen (secondary N) is 1. The smallest absolute Gasteiger partial charge is 0.390 e. The van der Waals surface area contributed by atoms with E-state index in [1.54, 1.807) is 35.3 Å². The number of H-pyrrole nitrogens is 1. The largest absolute Gasteiger partial charge is 0.529 e. The Morgan fingerprint density at radius 1 is 1.32 bits per heavy atom. The third kappa shape index (κ3) is 9.50. The number of aromatic amines is 1. The van der Waals surface area contributed by atoms with Crippen molar-refractivity contribution in [2.24, 2.45) is 0 Å². The maximum atomic E-state index is 13.7. The molecule has 1 aromatic carbocycles. The number of hydrogen-bond donors (Lipinski definition) is 3. The average molecular weight is 620 g/mol. The standard InChI is InChI=1S/C25H35FN3O10PS/c1-3-4-8-12-36-29(17-9-6-5-7-10-17)19(11-13-41-2)24(32)39-40(34,35)37-16-21-20(30)14-22(38-21)28-15-18(26)23(31)27-25(28)33/h5-7,9-10,15,19-22,30H,3-4,8,11-14,16H2,1-2H3,(H,34,35)(H,27,31,33)/t19-,20-,21+,22+/m0/s1. The van der Waals surface area contributed by atoms with Crippen LogP contribution in [0.1, 0.15) is 45.3 Å². The van der Waals surface area contributed by atoms with Crippen LogP contribution in [0.3, 0.4) is 0 Å². The fourth-order valence-electron chi connectivity index (χ4n) is 4.07. The van der Waals surface area contributed by atoms with Crippen molar-refractivity contribution >= 4 is 31.2 Å². The molecule has 13 nitrogen and oxygen atoms in total. The first-order chi connectivity index (χ1) is 19.6. The second-order valence-electron chi connectivity index (χ2n) is 9.25. The molecule has 1 unspecified atom stereocenters. The van der Waals surface area contributed by atoms with Gasteiger partial charge in [0.15, 0.2) is 6.04 Å². The van der Waals surface area contributed by atoms with E-state index in [1.165, 1.54) is 16.8 Å². The molecule has 1 aromatic heterocycles. The highest BCUT2D eigenvalue weighted by atomic mass is 32.2. The van der Waals surface area contributed by atoms with Crippen molar-refractivity contribution in [2.75, 3.05) is 30.3 Å². The molecule has 3 rings (SSSR count). The fourth-order valence-corrected chi connectivity index (χ4v) is 5.27. The van der Waals surface area contributed by atoms with Gasteiger partial charge in [0, 0.05) is 6.42 Å². The van der Waals surface area contributed by atoms with E-state index in [2.05, 4.69) is 0 Å². The summed E-state index contributed by atoms with van der Waals surface area (Å²) in [5, 5.41) is 11.7. The summed E-state index contributed by atoms with van der Waals surface area (Å²) >= 11 is 1.47. The van der Waals surface area contributed by atoms with Crippen LogP contribution in [-0.4, -0.2) is 69.0 Å². The quantitative estimate of drug-likeness (QED) is 0.143. The summed E-state index contributed by atoms with van der Waals surface area (Å²) < 4.78 is 42.5. The number of carbonyl (C=O) groups is 1. The highest BCUT2D eigenvalue weighted by molar-refractivity contribution is 7.98. The molecule has 1 aliphatic heterocycles. The molecule has 1 fully saturated rings. The Labute approximate surface area is 240 Å². The van der Waals surface area contributed by atoms with E-state index in [0.29, 0.717) is 24.2 Å². The van der Waals surface area contributed by atoms with Crippen LogP contribution in [0.25, 0.3) is 0 Å². The number of phosphoric ester groups is 1. The first kappa shape index (κ1) is 33.0. The Balaban J connectivity index is 1.68. The van der Waals surface area contributed by atoms with Gasteiger partial charge in [0.05, 0.1) is 31.2 Å². The molecule has 1 saturated heterocycles. The van der Waals surface area contributed by atoms with E-state index >= 15 is 0 Å². The lowest BCUT2D eigenvalue weighted by Crippen LogP contribution is -2.43. The number of ether oxygens (including phenoxy) is 1. The average Bonchev–Trinajstić information content (AvgIpc) is 3.31. The van der Waals surface area contributed by atoms with Gasteiger partial charge in [-0.1, -0.05) is 38.0 Å². The second-order valence-corrected chi connectivity index (χ2v) is 11.6. The van der Waals surface area contributed by atoms with Gasteiger partial charge in [-0.2, -0.15) is 16.2 Å². The number of hydroxylamine groups is 1. The molecule has 16 heteroatoms. The fraction of sp³-hybridized carbons (Fsp3) is 0.560. The van der Waals surface area contributed by atoms with Gasteiger partial charge in [-0.3, -0.25) is 28.6 Å². The molecule has 1 aliphatic rings. The third-order valence-corrected chi connectivity index (χ3v) is 7.72.